The van der Waals surface area contributed by atoms with Crippen LogP contribution in [0.5, 0.6) is 0 Å². The van der Waals surface area contributed by atoms with Crippen LogP contribution in [0.25, 0.3) is 0 Å². The summed E-state index contributed by atoms with van der Waals surface area (Å²) < 4.78 is 0. The molecule has 1 N–H and O–H groups in total. The van der Waals surface area contributed by atoms with Crippen LogP contribution >= 0.6 is 0 Å². The van der Waals surface area contributed by atoms with Crippen molar-refractivity contribution in [2.24, 2.45) is 0 Å². The first-order valence-corrected chi connectivity index (χ1v) is 6.72. The van der Waals surface area contributed by atoms with Gasteiger partial charge in [-0.1, -0.05) is 0 Å². The van der Waals surface area contributed by atoms with E-state index in [9.17, 15) is 9.59 Å². The van der Waals surface area contributed by atoms with Gasteiger partial charge in [-0.05, 0) is 19.9 Å². The first kappa shape index (κ1) is 15.0. The fourth-order valence-electron chi connectivity index (χ4n) is 2.12. The molecule has 1 aromatic rings. The lowest BCUT2D eigenvalue weighted by atomic mass is 10.1. The molecule has 21 heavy (non-hydrogen) atoms. The number of carbonyl (C=O) groups excluding carboxylic acids is 1. The predicted octanol–water partition coefficient (Wildman–Crippen LogP) is 0.546. The van der Waals surface area contributed by atoms with E-state index in [1.165, 1.54) is 6.92 Å². The summed E-state index contributed by atoms with van der Waals surface area (Å²) in [5.74, 6) is -0.626. The van der Waals surface area contributed by atoms with Crippen molar-refractivity contribution in [1.29, 1.82) is 0 Å². The van der Waals surface area contributed by atoms with Crippen LogP contribution in [-0.2, 0) is 9.59 Å². The molecule has 0 atom stereocenters. The number of hydrogen-bond donors (Lipinski definition) is 1. The molecule has 2 rings (SSSR count). The lowest BCUT2D eigenvalue weighted by Gasteiger charge is -2.35. The number of hydrogen-bond acceptors (Lipinski definition) is 5. The van der Waals surface area contributed by atoms with Crippen LogP contribution in [0.15, 0.2) is 29.6 Å². The van der Waals surface area contributed by atoms with Gasteiger partial charge in [0, 0.05) is 49.7 Å². The van der Waals surface area contributed by atoms with Gasteiger partial charge in [0.1, 0.15) is 0 Å². The van der Waals surface area contributed by atoms with Crippen molar-refractivity contribution in [1.82, 2.24) is 14.9 Å². The molecule has 2 heterocycles. The molecule has 0 bridgehead atoms. The van der Waals surface area contributed by atoms with Gasteiger partial charge >= 0.3 is 5.97 Å². The summed E-state index contributed by atoms with van der Waals surface area (Å²) in [5, 5.41) is 8.94. The van der Waals surface area contributed by atoms with Gasteiger partial charge in [0.2, 0.25) is 11.9 Å². The summed E-state index contributed by atoms with van der Waals surface area (Å²) >= 11 is 0. The summed E-state index contributed by atoms with van der Waals surface area (Å²) in [5.41, 5.74) is 0.376. The summed E-state index contributed by atoms with van der Waals surface area (Å²) in [6, 6.07) is 1.76. The van der Waals surface area contributed by atoms with Gasteiger partial charge in [0.05, 0.1) is 0 Å². The Hall–Kier alpha value is -2.44. The lowest BCUT2D eigenvalue weighted by molar-refractivity contribution is -0.134. The van der Waals surface area contributed by atoms with E-state index in [4.69, 9.17) is 5.11 Å². The minimum Gasteiger partial charge on any atom is -0.478 e. The number of piperazine rings is 1. The highest BCUT2D eigenvalue weighted by molar-refractivity contribution is 6.01. The van der Waals surface area contributed by atoms with Gasteiger partial charge in [-0.3, -0.25) is 4.79 Å². The zero-order valence-corrected chi connectivity index (χ0v) is 12.1. The number of amides is 1. The second-order valence-electron chi connectivity index (χ2n) is 4.88. The van der Waals surface area contributed by atoms with Crippen LogP contribution < -0.4 is 4.90 Å². The van der Waals surface area contributed by atoms with Crippen LogP contribution in [0.4, 0.5) is 5.95 Å². The molecule has 1 saturated heterocycles. The Morgan fingerprint density at radius 2 is 1.62 bits per heavy atom. The topological polar surface area (TPSA) is 86.6 Å². The van der Waals surface area contributed by atoms with Crippen molar-refractivity contribution in [3.63, 3.8) is 0 Å². The molecule has 7 heteroatoms. The number of aliphatic carboxylic acids is 1. The highest BCUT2D eigenvalue weighted by atomic mass is 16.4. The molecular weight excluding hydrogens is 272 g/mol. The molecule has 0 aromatic carbocycles. The van der Waals surface area contributed by atoms with Crippen molar-refractivity contribution in [3.05, 3.63) is 29.6 Å². The fraction of sp³-hybridized carbons (Fsp3) is 0.429. The Kier molecular flexibility index (Phi) is 4.52. The Morgan fingerprint density at radius 3 is 2.14 bits per heavy atom. The predicted molar refractivity (Wildman–Crippen MR) is 76.8 cm³/mol. The summed E-state index contributed by atoms with van der Waals surface area (Å²) in [4.78, 5) is 35.2. The van der Waals surface area contributed by atoms with Gasteiger partial charge in [-0.15, -0.1) is 0 Å². The van der Waals surface area contributed by atoms with Crippen LogP contribution in [0, 0.1) is 0 Å². The maximum Gasteiger partial charge on any atom is 0.331 e. The quantitative estimate of drug-likeness (QED) is 0.818. The van der Waals surface area contributed by atoms with E-state index in [2.05, 4.69) is 9.97 Å². The Labute approximate surface area is 122 Å². The van der Waals surface area contributed by atoms with E-state index < -0.39 is 5.97 Å². The van der Waals surface area contributed by atoms with Crippen LogP contribution in [0.1, 0.15) is 13.8 Å². The monoisotopic (exact) mass is 290 g/mol. The Balaban J connectivity index is 2.00. The standard InChI is InChI=1S/C14H18N4O3/c1-10(11(2)13(20)21)12(19)17-6-8-18(9-7-17)14-15-4-3-5-16-14/h3-5H,6-9H2,1-2H3,(H,20,21). The molecule has 112 valence electrons. The van der Waals surface area contributed by atoms with Crippen LogP contribution in [-0.4, -0.2) is 58.0 Å². The van der Waals surface area contributed by atoms with E-state index >= 15 is 0 Å². The van der Waals surface area contributed by atoms with E-state index in [0.717, 1.165) is 0 Å². The normalized spacial score (nSPS) is 16.5. The number of aromatic nitrogens is 2. The van der Waals surface area contributed by atoms with E-state index in [-0.39, 0.29) is 17.1 Å². The van der Waals surface area contributed by atoms with Gasteiger partial charge in [0.25, 0.3) is 0 Å². The van der Waals surface area contributed by atoms with E-state index in [0.29, 0.717) is 32.1 Å². The second kappa shape index (κ2) is 6.34. The zero-order chi connectivity index (χ0) is 15.4. The maximum atomic E-state index is 12.2. The Bertz CT molecular complexity index is 563. The first-order valence-electron chi connectivity index (χ1n) is 6.72. The van der Waals surface area contributed by atoms with Crippen LogP contribution in [0.3, 0.4) is 0 Å². The highest BCUT2D eigenvalue weighted by Gasteiger charge is 2.24. The zero-order valence-electron chi connectivity index (χ0n) is 12.1. The number of carbonyl (C=O) groups is 2. The average Bonchev–Trinajstić information content (AvgIpc) is 2.53. The number of carboxylic acid groups (broad SMARTS) is 1. The first-order chi connectivity index (χ1) is 10.0. The fourth-order valence-corrected chi connectivity index (χ4v) is 2.12. The number of anilines is 1. The second-order valence-corrected chi connectivity index (χ2v) is 4.88. The third-order valence-corrected chi connectivity index (χ3v) is 3.61. The number of carboxylic acids is 1. The van der Waals surface area contributed by atoms with Crippen molar-refractivity contribution in [2.45, 2.75) is 13.8 Å². The third kappa shape index (κ3) is 3.36. The SMILES string of the molecule is CC(C(=O)O)=C(C)C(=O)N1CCN(c2ncccn2)CC1. The van der Waals surface area contributed by atoms with Crippen molar-refractivity contribution >= 4 is 17.8 Å². The largest absolute Gasteiger partial charge is 0.478 e. The summed E-state index contributed by atoms with van der Waals surface area (Å²) in [6.45, 7) is 5.33. The molecule has 0 aliphatic carbocycles. The molecule has 0 spiro atoms. The van der Waals surface area contributed by atoms with E-state index in [1.807, 2.05) is 4.90 Å². The highest BCUT2D eigenvalue weighted by Crippen LogP contribution is 2.13. The molecule has 1 fully saturated rings. The molecule has 1 aliphatic heterocycles. The minimum absolute atomic E-state index is 0.0915. The molecule has 7 nitrogen and oxygen atoms in total. The van der Waals surface area contributed by atoms with Gasteiger partial charge in [-0.25, -0.2) is 14.8 Å². The third-order valence-electron chi connectivity index (χ3n) is 3.61. The van der Waals surface area contributed by atoms with Gasteiger partial charge in [0.15, 0.2) is 0 Å². The molecule has 1 amide bonds. The van der Waals surface area contributed by atoms with Gasteiger partial charge in [-0.2, -0.15) is 0 Å². The minimum atomic E-state index is -1.06. The average molecular weight is 290 g/mol. The van der Waals surface area contributed by atoms with Crippen molar-refractivity contribution < 1.29 is 14.7 Å². The van der Waals surface area contributed by atoms with Crippen LogP contribution in [0.2, 0.25) is 0 Å². The molecule has 1 aromatic heterocycles. The van der Waals surface area contributed by atoms with E-state index in [1.54, 1.807) is 30.3 Å². The molecule has 1 aliphatic rings. The molecule has 0 saturated carbocycles. The smallest absolute Gasteiger partial charge is 0.331 e. The number of nitrogens with zero attached hydrogens (tertiary/aromatic N) is 4. The lowest BCUT2D eigenvalue weighted by Crippen LogP contribution is -2.49. The Morgan fingerprint density at radius 1 is 1.05 bits per heavy atom. The number of rotatable bonds is 3. The molecule has 0 unspecified atom stereocenters. The molecule has 0 radical (unpaired) electrons. The van der Waals surface area contributed by atoms with Crippen molar-refractivity contribution in [3.8, 4) is 0 Å². The van der Waals surface area contributed by atoms with Gasteiger partial charge < -0.3 is 14.9 Å². The molecular formula is C14H18N4O3. The van der Waals surface area contributed by atoms with Crippen molar-refractivity contribution in [2.75, 3.05) is 31.1 Å². The summed E-state index contributed by atoms with van der Waals surface area (Å²) in [7, 11) is 0. The maximum absolute atomic E-state index is 12.2. The summed E-state index contributed by atoms with van der Waals surface area (Å²) in [6.07, 6.45) is 3.37.